The van der Waals surface area contributed by atoms with Crippen molar-refractivity contribution in [2.75, 3.05) is 11.1 Å². The van der Waals surface area contributed by atoms with Crippen LogP contribution < -0.4 is 11.1 Å². The Kier molecular flexibility index (Phi) is 3.54. The average Bonchev–Trinajstić information content (AvgIpc) is 2.76. The van der Waals surface area contributed by atoms with Gasteiger partial charge >= 0.3 is 0 Å². The highest BCUT2D eigenvalue weighted by molar-refractivity contribution is 7.21. The van der Waals surface area contributed by atoms with Crippen molar-refractivity contribution in [3.8, 4) is 0 Å². The molecule has 6 heteroatoms. The maximum absolute atomic E-state index is 12.5. The lowest BCUT2D eigenvalue weighted by Crippen LogP contribution is -2.13. The van der Waals surface area contributed by atoms with Gasteiger partial charge in [-0.15, -0.1) is 11.3 Å². The molecule has 3 aromatic heterocycles. The third kappa shape index (κ3) is 2.53. The second-order valence-corrected chi connectivity index (χ2v) is 6.22. The van der Waals surface area contributed by atoms with Gasteiger partial charge < -0.3 is 11.1 Å². The third-order valence-electron chi connectivity index (χ3n) is 3.36. The minimum Gasteiger partial charge on any atom is -0.397 e. The SMILES string of the molecule is Cc1cccc(NC(=O)c2sc3nc(C)cc(C)c3c2N)n1. The monoisotopic (exact) mass is 312 g/mol. The number of carbonyl (C=O) groups is 1. The van der Waals surface area contributed by atoms with E-state index in [1.165, 1.54) is 11.3 Å². The number of rotatable bonds is 2. The van der Waals surface area contributed by atoms with Gasteiger partial charge in [0.15, 0.2) is 0 Å². The van der Waals surface area contributed by atoms with E-state index in [0.717, 1.165) is 27.2 Å². The molecule has 0 aromatic carbocycles. The number of carbonyl (C=O) groups excluding carboxylic acids is 1. The highest BCUT2D eigenvalue weighted by atomic mass is 32.1. The third-order valence-corrected chi connectivity index (χ3v) is 4.46. The molecule has 0 unspecified atom stereocenters. The Bertz CT molecular complexity index is 885. The molecule has 0 fully saturated rings. The number of amides is 1. The summed E-state index contributed by atoms with van der Waals surface area (Å²) >= 11 is 1.31. The first kappa shape index (κ1) is 14.5. The Labute approximate surface area is 132 Å². The lowest BCUT2D eigenvalue weighted by atomic mass is 10.1. The van der Waals surface area contributed by atoms with Crippen molar-refractivity contribution in [2.24, 2.45) is 0 Å². The van der Waals surface area contributed by atoms with Gasteiger partial charge in [0.25, 0.3) is 5.91 Å². The van der Waals surface area contributed by atoms with Crippen LogP contribution in [0.5, 0.6) is 0 Å². The second-order valence-electron chi connectivity index (χ2n) is 5.22. The molecule has 22 heavy (non-hydrogen) atoms. The molecular weight excluding hydrogens is 296 g/mol. The number of aromatic nitrogens is 2. The Balaban J connectivity index is 2.01. The average molecular weight is 312 g/mol. The van der Waals surface area contributed by atoms with Crippen LogP contribution in [0.15, 0.2) is 24.3 Å². The summed E-state index contributed by atoms with van der Waals surface area (Å²) in [5.74, 6) is 0.262. The van der Waals surface area contributed by atoms with E-state index >= 15 is 0 Å². The second kappa shape index (κ2) is 5.38. The van der Waals surface area contributed by atoms with Crippen LogP contribution in [-0.4, -0.2) is 15.9 Å². The number of thiophene rings is 1. The molecule has 1 amide bonds. The number of hydrogen-bond acceptors (Lipinski definition) is 5. The molecule has 0 saturated carbocycles. The summed E-state index contributed by atoms with van der Waals surface area (Å²) in [5, 5.41) is 3.65. The predicted molar refractivity (Wildman–Crippen MR) is 90.4 cm³/mol. The van der Waals surface area contributed by atoms with Gasteiger partial charge in [0.1, 0.15) is 15.5 Å². The van der Waals surface area contributed by atoms with Crippen molar-refractivity contribution >= 4 is 39.0 Å². The van der Waals surface area contributed by atoms with E-state index in [0.29, 0.717) is 16.4 Å². The molecule has 0 aliphatic heterocycles. The first-order valence-electron chi connectivity index (χ1n) is 6.87. The number of nitrogens with one attached hydrogen (secondary N) is 1. The molecule has 112 valence electrons. The number of nitrogens with two attached hydrogens (primary N) is 1. The number of aryl methyl sites for hydroxylation is 3. The lowest BCUT2D eigenvalue weighted by Gasteiger charge is -2.04. The minimum atomic E-state index is -0.254. The van der Waals surface area contributed by atoms with E-state index in [2.05, 4.69) is 15.3 Å². The number of pyridine rings is 2. The zero-order chi connectivity index (χ0) is 15.9. The van der Waals surface area contributed by atoms with Crippen LogP contribution in [0.2, 0.25) is 0 Å². The zero-order valence-electron chi connectivity index (χ0n) is 12.6. The van der Waals surface area contributed by atoms with Gasteiger partial charge in [-0.05, 0) is 44.5 Å². The van der Waals surface area contributed by atoms with Crippen molar-refractivity contribution in [1.29, 1.82) is 0 Å². The van der Waals surface area contributed by atoms with Gasteiger partial charge in [0, 0.05) is 16.8 Å². The molecular formula is C16H16N4OS. The van der Waals surface area contributed by atoms with Crippen molar-refractivity contribution < 1.29 is 4.79 Å². The zero-order valence-corrected chi connectivity index (χ0v) is 13.4. The molecule has 3 aromatic rings. The summed E-state index contributed by atoms with van der Waals surface area (Å²) in [4.78, 5) is 22.5. The Morgan fingerprint density at radius 3 is 2.68 bits per heavy atom. The highest BCUT2D eigenvalue weighted by Crippen LogP contribution is 2.35. The van der Waals surface area contributed by atoms with Gasteiger partial charge in [-0.2, -0.15) is 0 Å². The molecule has 0 aliphatic rings. The number of hydrogen-bond donors (Lipinski definition) is 2. The van der Waals surface area contributed by atoms with Crippen LogP contribution in [0.1, 0.15) is 26.6 Å². The fraction of sp³-hybridized carbons (Fsp3) is 0.188. The van der Waals surface area contributed by atoms with Crippen molar-refractivity contribution in [3.63, 3.8) is 0 Å². The molecule has 3 heterocycles. The van der Waals surface area contributed by atoms with Crippen LogP contribution in [0.3, 0.4) is 0 Å². The smallest absolute Gasteiger partial charge is 0.269 e. The Morgan fingerprint density at radius 1 is 1.18 bits per heavy atom. The molecule has 3 rings (SSSR count). The Morgan fingerprint density at radius 2 is 1.95 bits per heavy atom. The standard InChI is InChI=1S/C16H16N4OS/c1-8-7-10(3)19-16-12(8)13(17)14(22-16)15(21)20-11-6-4-5-9(2)18-11/h4-7H,17H2,1-3H3,(H,18,20,21). The van der Waals surface area contributed by atoms with Crippen LogP contribution >= 0.6 is 11.3 Å². The molecule has 0 radical (unpaired) electrons. The minimum absolute atomic E-state index is 0.254. The number of nitrogens with zero attached hydrogens (tertiary/aromatic N) is 2. The number of nitrogen functional groups attached to an aromatic ring is 1. The summed E-state index contributed by atoms with van der Waals surface area (Å²) in [6, 6.07) is 7.44. The summed E-state index contributed by atoms with van der Waals surface area (Å²) in [6.07, 6.45) is 0. The summed E-state index contributed by atoms with van der Waals surface area (Å²) < 4.78 is 0. The van der Waals surface area contributed by atoms with Crippen molar-refractivity contribution in [1.82, 2.24) is 9.97 Å². The molecule has 0 atom stereocenters. The topological polar surface area (TPSA) is 80.9 Å². The highest BCUT2D eigenvalue weighted by Gasteiger charge is 2.19. The van der Waals surface area contributed by atoms with E-state index in [1.807, 2.05) is 39.0 Å². The van der Waals surface area contributed by atoms with E-state index < -0.39 is 0 Å². The maximum Gasteiger partial charge on any atom is 0.269 e. The first-order valence-corrected chi connectivity index (χ1v) is 7.68. The van der Waals surface area contributed by atoms with E-state index in [1.54, 1.807) is 6.07 Å². The maximum atomic E-state index is 12.5. The van der Waals surface area contributed by atoms with E-state index in [9.17, 15) is 4.79 Å². The van der Waals surface area contributed by atoms with Crippen molar-refractivity contribution in [2.45, 2.75) is 20.8 Å². The molecule has 0 aliphatic carbocycles. The Hall–Kier alpha value is -2.47. The fourth-order valence-electron chi connectivity index (χ4n) is 2.42. The van der Waals surface area contributed by atoms with Crippen molar-refractivity contribution in [3.05, 3.63) is 46.1 Å². The summed E-state index contributed by atoms with van der Waals surface area (Å²) in [6.45, 7) is 5.78. The largest absolute Gasteiger partial charge is 0.397 e. The molecule has 3 N–H and O–H groups in total. The predicted octanol–water partition coefficient (Wildman–Crippen LogP) is 3.45. The van der Waals surface area contributed by atoms with Gasteiger partial charge in [0.05, 0.1) is 5.69 Å². The van der Waals surface area contributed by atoms with E-state index in [4.69, 9.17) is 5.73 Å². The van der Waals surface area contributed by atoms with Crippen LogP contribution in [0.25, 0.3) is 10.2 Å². The summed E-state index contributed by atoms with van der Waals surface area (Å²) in [5.41, 5.74) is 9.43. The molecule has 0 bridgehead atoms. The number of fused-ring (bicyclic) bond motifs is 1. The van der Waals surface area contributed by atoms with Gasteiger partial charge in [-0.1, -0.05) is 6.07 Å². The van der Waals surface area contributed by atoms with Gasteiger partial charge in [-0.25, -0.2) is 9.97 Å². The molecule has 5 nitrogen and oxygen atoms in total. The molecule has 0 saturated heterocycles. The number of anilines is 2. The normalized spacial score (nSPS) is 10.9. The molecule has 0 spiro atoms. The first-order chi connectivity index (χ1) is 10.5. The van der Waals surface area contributed by atoms with Crippen LogP contribution in [0, 0.1) is 20.8 Å². The van der Waals surface area contributed by atoms with Gasteiger partial charge in [-0.3, -0.25) is 4.79 Å². The van der Waals surface area contributed by atoms with E-state index in [-0.39, 0.29) is 5.91 Å². The van der Waals surface area contributed by atoms with Crippen LogP contribution in [0.4, 0.5) is 11.5 Å². The fourth-order valence-corrected chi connectivity index (χ4v) is 3.54. The summed E-state index contributed by atoms with van der Waals surface area (Å²) in [7, 11) is 0. The van der Waals surface area contributed by atoms with Crippen LogP contribution in [-0.2, 0) is 0 Å². The quantitative estimate of drug-likeness (QED) is 0.759. The van der Waals surface area contributed by atoms with Gasteiger partial charge in [0.2, 0.25) is 0 Å². The lowest BCUT2D eigenvalue weighted by molar-refractivity contribution is 0.103.